The second-order valence-electron chi connectivity index (χ2n) is 5.84. The van der Waals surface area contributed by atoms with Crippen molar-refractivity contribution < 1.29 is 24.0 Å². The van der Waals surface area contributed by atoms with Crippen molar-refractivity contribution in [3.63, 3.8) is 0 Å². The van der Waals surface area contributed by atoms with E-state index in [2.05, 4.69) is 4.98 Å². The van der Waals surface area contributed by atoms with Crippen LogP contribution in [0.4, 0.5) is 22.0 Å². The molecule has 0 bridgehead atoms. The van der Waals surface area contributed by atoms with Gasteiger partial charge in [0.2, 0.25) is 17.6 Å². The van der Waals surface area contributed by atoms with Crippen LogP contribution in [0.3, 0.4) is 0 Å². The molecule has 1 aromatic rings. The number of hydrogen-bond acceptors (Lipinski definition) is 8. The molecule has 0 unspecified atom stereocenters. The van der Waals surface area contributed by atoms with Crippen LogP contribution in [-0.4, -0.2) is 65.5 Å². The highest BCUT2D eigenvalue weighted by atomic mass is 16.6. The summed E-state index contributed by atoms with van der Waals surface area (Å²) >= 11 is 0. The Kier molecular flexibility index (Phi) is 6.27. The number of anilines is 2. The molecular formula is C16H21N5O6. The highest BCUT2D eigenvalue weighted by Crippen LogP contribution is 2.31. The Morgan fingerprint density at radius 2 is 1.81 bits per heavy atom. The Morgan fingerprint density at radius 3 is 2.30 bits per heavy atom. The van der Waals surface area contributed by atoms with E-state index in [1.807, 2.05) is 0 Å². The first-order valence-corrected chi connectivity index (χ1v) is 8.38. The van der Waals surface area contributed by atoms with E-state index in [1.54, 1.807) is 11.8 Å². The molecule has 0 aliphatic carbocycles. The molecule has 3 amide bonds. The third-order valence-electron chi connectivity index (χ3n) is 4.02. The van der Waals surface area contributed by atoms with Crippen LogP contribution in [0.1, 0.15) is 20.8 Å². The van der Waals surface area contributed by atoms with Gasteiger partial charge in [0.25, 0.3) is 0 Å². The standard InChI is InChI=1S/C16H21N5O6/c1-4-27-16(24)19-7-5-18(6-8-19)15-14(21(25)26)9-13(10-17-15)20(11(2)22)12(3)23/h9-10H,4-8H2,1-3H3. The van der Waals surface area contributed by atoms with Gasteiger partial charge in [-0.3, -0.25) is 19.7 Å². The van der Waals surface area contributed by atoms with Gasteiger partial charge in [0.05, 0.1) is 23.4 Å². The van der Waals surface area contributed by atoms with E-state index in [4.69, 9.17) is 4.74 Å². The maximum Gasteiger partial charge on any atom is 0.409 e. The number of amides is 3. The predicted octanol–water partition coefficient (Wildman–Crippen LogP) is 1.17. The average molecular weight is 379 g/mol. The van der Waals surface area contributed by atoms with Crippen LogP contribution in [0.2, 0.25) is 0 Å². The monoisotopic (exact) mass is 379 g/mol. The summed E-state index contributed by atoms with van der Waals surface area (Å²) in [5, 5.41) is 11.5. The quantitative estimate of drug-likeness (QED) is 0.563. The van der Waals surface area contributed by atoms with Crippen LogP contribution in [0.15, 0.2) is 12.3 Å². The molecule has 0 saturated carbocycles. The van der Waals surface area contributed by atoms with E-state index in [9.17, 15) is 24.5 Å². The highest BCUT2D eigenvalue weighted by molar-refractivity contribution is 6.13. The fourth-order valence-electron chi connectivity index (χ4n) is 2.84. The van der Waals surface area contributed by atoms with Crippen molar-refractivity contribution >= 4 is 35.1 Å². The minimum absolute atomic E-state index is 0.0376. The largest absolute Gasteiger partial charge is 0.450 e. The fraction of sp³-hybridized carbons (Fsp3) is 0.500. The zero-order valence-corrected chi connectivity index (χ0v) is 15.4. The maximum absolute atomic E-state index is 11.8. The molecular weight excluding hydrogens is 358 g/mol. The Labute approximate surface area is 155 Å². The van der Waals surface area contributed by atoms with E-state index < -0.39 is 22.8 Å². The number of aromatic nitrogens is 1. The molecule has 2 heterocycles. The summed E-state index contributed by atoms with van der Waals surface area (Å²) in [5.41, 5.74) is -0.278. The van der Waals surface area contributed by atoms with E-state index in [0.29, 0.717) is 26.2 Å². The van der Waals surface area contributed by atoms with Crippen LogP contribution in [0.5, 0.6) is 0 Å². The van der Waals surface area contributed by atoms with Gasteiger partial charge in [-0.05, 0) is 6.92 Å². The highest BCUT2D eigenvalue weighted by Gasteiger charge is 2.29. The van der Waals surface area contributed by atoms with Gasteiger partial charge in [-0.15, -0.1) is 0 Å². The topological polar surface area (TPSA) is 126 Å². The third kappa shape index (κ3) is 4.49. The zero-order valence-electron chi connectivity index (χ0n) is 15.4. The summed E-state index contributed by atoms with van der Waals surface area (Å²) in [7, 11) is 0. The lowest BCUT2D eigenvalue weighted by Crippen LogP contribution is -2.49. The van der Waals surface area contributed by atoms with Crippen LogP contribution in [0.25, 0.3) is 0 Å². The van der Waals surface area contributed by atoms with Gasteiger partial charge >= 0.3 is 11.8 Å². The molecule has 2 rings (SSSR count). The first-order chi connectivity index (χ1) is 12.8. The number of carbonyl (C=O) groups excluding carboxylic acids is 3. The Balaban J connectivity index is 2.26. The lowest BCUT2D eigenvalue weighted by Gasteiger charge is -2.34. The summed E-state index contributed by atoms with van der Waals surface area (Å²) < 4.78 is 4.95. The Hall–Kier alpha value is -3.24. The average Bonchev–Trinajstić information content (AvgIpc) is 2.61. The first kappa shape index (κ1) is 20.1. The molecule has 146 valence electrons. The molecule has 11 heteroatoms. The summed E-state index contributed by atoms with van der Waals surface area (Å²) in [6.07, 6.45) is 0.830. The number of ether oxygens (including phenoxy) is 1. The van der Waals surface area contributed by atoms with E-state index in [-0.39, 0.29) is 23.8 Å². The second kappa shape index (κ2) is 8.43. The molecule has 11 nitrogen and oxygen atoms in total. The van der Waals surface area contributed by atoms with Gasteiger partial charge in [-0.25, -0.2) is 14.7 Å². The summed E-state index contributed by atoms with van der Waals surface area (Å²) in [4.78, 5) is 54.1. The van der Waals surface area contributed by atoms with Gasteiger partial charge in [-0.2, -0.15) is 0 Å². The van der Waals surface area contributed by atoms with Gasteiger partial charge in [0.1, 0.15) is 0 Å². The molecule has 1 aromatic heterocycles. The number of hydrogen-bond donors (Lipinski definition) is 0. The molecule has 1 aliphatic rings. The SMILES string of the molecule is CCOC(=O)N1CCN(c2ncc(N(C(C)=O)C(C)=O)cc2[N+](=O)[O-])CC1. The van der Waals surface area contributed by atoms with Crippen LogP contribution in [0, 0.1) is 10.1 Å². The predicted molar refractivity (Wildman–Crippen MR) is 95.5 cm³/mol. The third-order valence-corrected chi connectivity index (χ3v) is 4.02. The van der Waals surface area contributed by atoms with E-state index in [0.717, 1.165) is 11.0 Å². The number of rotatable bonds is 4. The molecule has 0 N–H and O–H groups in total. The Bertz CT molecular complexity index is 746. The van der Waals surface area contributed by atoms with Crippen LogP contribution >= 0.6 is 0 Å². The smallest absolute Gasteiger partial charge is 0.409 e. The van der Waals surface area contributed by atoms with Crippen molar-refractivity contribution in [3.05, 3.63) is 22.4 Å². The van der Waals surface area contributed by atoms with Crippen LogP contribution < -0.4 is 9.80 Å². The molecule has 0 radical (unpaired) electrons. The maximum atomic E-state index is 11.8. The number of nitro groups is 1. The van der Waals surface area contributed by atoms with Crippen molar-refractivity contribution in [2.45, 2.75) is 20.8 Å². The van der Waals surface area contributed by atoms with Crippen molar-refractivity contribution in [1.82, 2.24) is 9.88 Å². The molecule has 1 aliphatic heterocycles. The summed E-state index contributed by atoms with van der Waals surface area (Å²) in [6.45, 7) is 5.74. The van der Waals surface area contributed by atoms with Crippen LogP contribution in [-0.2, 0) is 14.3 Å². The van der Waals surface area contributed by atoms with E-state index in [1.165, 1.54) is 24.9 Å². The summed E-state index contributed by atoms with van der Waals surface area (Å²) in [5.74, 6) is -0.997. The minimum Gasteiger partial charge on any atom is -0.450 e. The van der Waals surface area contributed by atoms with Crippen molar-refractivity contribution in [1.29, 1.82) is 0 Å². The second-order valence-corrected chi connectivity index (χ2v) is 5.84. The van der Waals surface area contributed by atoms with Gasteiger partial charge in [-0.1, -0.05) is 0 Å². The van der Waals surface area contributed by atoms with Gasteiger partial charge < -0.3 is 14.5 Å². The van der Waals surface area contributed by atoms with E-state index >= 15 is 0 Å². The Morgan fingerprint density at radius 1 is 1.22 bits per heavy atom. The number of piperazine rings is 1. The zero-order chi connectivity index (χ0) is 20.1. The number of carbonyl (C=O) groups is 3. The molecule has 27 heavy (non-hydrogen) atoms. The minimum atomic E-state index is -0.609. The van der Waals surface area contributed by atoms with Gasteiger partial charge in [0, 0.05) is 46.1 Å². The lowest BCUT2D eigenvalue weighted by molar-refractivity contribution is -0.384. The van der Waals surface area contributed by atoms with Crippen molar-refractivity contribution in [3.8, 4) is 0 Å². The number of imide groups is 1. The molecule has 0 atom stereocenters. The van der Waals surface area contributed by atoms with Crippen molar-refractivity contribution in [2.75, 3.05) is 42.6 Å². The fourth-order valence-corrected chi connectivity index (χ4v) is 2.84. The molecule has 1 saturated heterocycles. The van der Waals surface area contributed by atoms with Gasteiger partial charge in [0.15, 0.2) is 0 Å². The molecule has 0 spiro atoms. The lowest BCUT2D eigenvalue weighted by atomic mass is 10.2. The molecule has 1 fully saturated rings. The summed E-state index contributed by atoms with van der Waals surface area (Å²) in [6, 6.07) is 1.16. The number of pyridine rings is 1. The first-order valence-electron chi connectivity index (χ1n) is 8.38. The van der Waals surface area contributed by atoms with Crippen molar-refractivity contribution in [2.24, 2.45) is 0 Å². The molecule has 0 aromatic carbocycles. The normalized spacial score (nSPS) is 13.9. The number of nitrogens with zero attached hydrogens (tertiary/aromatic N) is 5.